The molecule has 9 heteroatoms. The van der Waals surface area contributed by atoms with Crippen molar-refractivity contribution in [2.45, 2.75) is 31.0 Å². The number of carboxylic acids is 1. The second kappa shape index (κ2) is 11.1. The Kier molecular flexibility index (Phi) is 8.78. The van der Waals surface area contributed by atoms with Crippen molar-refractivity contribution in [2.75, 3.05) is 6.54 Å². The summed E-state index contributed by atoms with van der Waals surface area (Å²) in [5, 5.41) is 18.8. The number of carbonyl (C=O) groups excluding carboxylic acids is 3. The number of aliphatic carboxylic acids is 1. The standard InChI is InChI=1S/C20H22N4O4.Na/c25-18(22-11-9-14-8-4-5-10-21-14)15(12-13-6-2-1-3-7-13)23-19(26)16-17(24-16)20(27)28;/h1-8,10,15-17,24H,9,11-12H2,(H,22,25)(H,23,26)(H,27,28);/q;+1/p-1/t15-,16-,17-;/m0./s1. The molecule has 2 heterocycles. The molecule has 3 N–H and O–H groups in total. The molecular formula is C20H21N4NaO4. The SMILES string of the molecule is O=C(NCCc1ccccn1)[C@H](Cc1ccccc1)NC(=O)[C@H]1N[C@@H]1C(=O)[O-].[Na+]. The molecule has 146 valence electrons. The van der Waals surface area contributed by atoms with Crippen LogP contribution in [0.25, 0.3) is 0 Å². The van der Waals surface area contributed by atoms with E-state index in [4.69, 9.17) is 0 Å². The number of amides is 2. The summed E-state index contributed by atoms with van der Waals surface area (Å²) in [5.74, 6) is -2.20. The van der Waals surface area contributed by atoms with Crippen LogP contribution in [-0.2, 0) is 27.2 Å². The van der Waals surface area contributed by atoms with E-state index in [2.05, 4.69) is 20.9 Å². The number of rotatable bonds is 9. The first-order valence-electron chi connectivity index (χ1n) is 9.03. The van der Waals surface area contributed by atoms with Crippen LogP contribution in [0.5, 0.6) is 0 Å². The van der Waals surface area contributed by atoms with Crippen molar-refractivity contribution in [3.05, 3.63) is 66.0 Å². The molecule has 1 aliphatic rings. The molecule has 0 aliphatic carbocycles. The molecule has 1 aromatic heterocycles. The number of carbonyl (C=O) groups is 3. The van der Waals surface area contributed by atoms with Gasteiger partial charge in [0.25, 0.3) is 0 Å². The second-order valence-electron chi connectivity index (χ2n) is 6.55. The van der Waals surface area contributed by atoms with Crippen LogP contribution in [0.1, 0.15) is 11.3 Å². The van der Waals surface area contributed by atoms with Gasteiger partial charge in [-0.1, -0.05) is 36.4 Å². The van der Waals surface area contributed by atoms with Gasteiger partial charge >= 0.3 is 29.6 Å². The fraction of sp³-hybridized carbons (Fsp3) is 0.300. The van der Waals surface area contributed by atoms with E-state index in [-0.39, 0.29) is 35.5 Å². The number of benzene rings is 1. The number of pyridine rings is 1. The molecule has 0 unspecified atom stereocenters. The molecule has 0 saturated carbocycles. The zero-order valence-corrected chi connectivity index (χ0v) is 18.1. The minimum absolute atomic E-state index is 0. The van der Waals surface area contributed by atoms with Gasteiger partial charge in [0.05, 0.1) is 12.0 Å². The maximum atomic E-state index is 12.6. The molecular weight excluding hydrogens is 383 g/mol. The van der Waals surface area contributed by atoms with Gasteiger partial charge in [-0.2, -0.15) is 0 Å². The fourth-order valence-electron chi connectivity index (χ4n) is 2.87. The molecule has 2 amide bonds. The van der Waals surface area contributed by atoms with E-state index in [9.17, 15) is 19.5 Å². The van der Waals surface area contributed by atoms with Gasteiger partial charge in [-0.25, -0.2) is 0 Å². The van der Waals surface area contributed by atoms with Crippen molar-refractivity contribution in [1.29, 1.82) is 0 Å². The summed E-state index contributed by atoms with van der Waals surface area (Å²) in [6.45, 7) is 0.375. The Morgan fingerprint density at radius 3 is 2.41 bits per heavy atom. The Morgan fingerprint density at radius 1 is 1.07 bits per heavy atom. The predicted octanol–water partition coefficient (Wildman–Crippen LogP) is -4.44. The van der Waals surface area contributed by atoms with Crippen LogP contribution in [0.2, 0.25) is 0 Å². The number of carboxylic acid groups (broad SMARTS) is 1. The van der Waals surface area contributed by atoms with Crippen LogP contribution in [0.3, 0.4) is 0 Å². The van der Waals surface area contributed by atoms with Crippen molar-refractivity contribution in [3.63, 3.8) is 0 Å². The van der Waals surface area contributed by atoms with E-state index in [1.807, 2.05) is 48.5 Å². The smallest absolute Gasteiger partial charge is 0.548 e. The Labute approximate surface area is 190 Å². The van der Waals surface area contributed by atoms with E-state index in [1.54, 1.807) is 6.20 Å². The number of hydrogen-bond donors (Lipinski definition) is 3. The number of hydrogen-bond acceptors (Lipinski definition) is 6. The molecule has 2 aromatic rings. The zero-order chi connectivity index (χ0) is 19.9. The maximum absolute atomic E-state index is 12.6. The first-order chi connectivity index (χ1) is 13.5. The number of nitrogens with one attached hydrogen (secondary N) is 3. The first-order valence-corrected chi connectivity index (χ1v) is 9.03. The van der Waals surface area contributed by atoms with Gasteiger partial charge in [-0.3, -0.25) is 19.9 Å². The van der Waals surface area contributed by atoms with Crippen molar-refractivity contribution < 1.29 is 49.0 Å². The molecule has 0 spiro atoms. The van der Waals surface area contributed by atoms with Gasteiger partial charge < -0.3 is 20.5 Å². The summed E-state index contributed by atoms with van der Waals surface area (Å²) in [7, 11) is 0. The maximum Gasteiger partial charge on any atom is 1.00 e. The molecule has 8 nitrogen and oxygen atoms in total. The largest absolute Gasteiger partial charge is 1.00 e. The summed E-state index contributed by atoms with van der Waals surface area (Å²) in [5.41, 5.74) is 1.73. The van der Waals surface area contributed by atoms with Gasteiger partial charge in [0, 0.05) is 31.3 Å². The fourth-order valence-corrected chi connectivity index (χ4v) is 2.87. The van der Waals surface area contributed by atoms with E-state index in [1.165, 1.54) is 0 Å². The van der Waals surface area contributed by atoms with Crippen LogP contribution >= 0.6 is 0 Å². The van der Waals surface area contributed by atoms with Crippen molar-refractivity contribution >= 4 is 17.8 Å². The third-order valence-electron chi connectivity index (χ3n) is 4.44. The van der Waals surface area contributed by atoms with Crippen LogP contribution in [0.4, 0.5) is 0 Å². The van der Waals surface area contributed by atoms with Crippen molar-refractivity contribution in [2.24, 2.45) is 0 Å². The molecule has 1 saturated heterocycles. The summed E-state index contributed by atoms with van der Waals surface area (Å²) in [6.07, 6.45) is 2.55. The summed E-state index contributed by atoms with van der Waals surface area (Å²) in [6, 6.07) is 12.1. The van der Waals surface area contributed by atoms with Gasteiger partial charge in [0.2, 0.25) is 11.8 Å². The van der Waals surface area contributed by atoms with E-state index in [0.717, 1.165) is 11.3 Å². The molecule has 1 aromatic carbocycles. The first kappa shape index (κ1) is 23.0. The van der Waals surface area contributed by atoms with Crippen LogP contribution < -0.4 is 50.6 Å². The Hall–Kier alpha value is -2.26. The van der Waals surface area contributed by atoms with Gasteiger partial charge in [-0.05, 0) is 17.7 Å². The normalized spacial score (nSPS) is 18.1. The third kappa shape index (κ3) is 6.93. The molecule has 1 fully saturated rings. The van der Waals surface area contributed by atoms with Gasteiger partial charge in [0.1, 0.15) is 12.1 Å². The predicted molar refractivity (Wildman–Crippen MR) is 98.7 cm³/mol. The molecule has 0 radical (unpaired) electrons. The van der Waals surface area contributed by atoms with Gasteiger partial charge in [0.15, 0.2) is 0 Å². The second-order valence-corrected chi connectivity index (χ2v) is 6.55. The average molecular weight is 404 g/mol. The molecule has 3 rings (SSSR count). The summed E-state index contributed by atoms with van der Waals surface area (Å²) < 4.78 is 0. The molecule has 3 atom stereocenters. The zero-order valence-electron chi connectivity index (χ0n) is 16.1. The minimum atomic E-state index is -1.33. The van der Waals surface area contributed by atoms with Crippen LogP contribution in [0.15, 0.2) is 54.7 Å². The van der Waals surface area contributed by atoms with E-state index in [0.29, 0.717) is 19.4 Å². The van der Waals surface area contributed by atoms with Gasteiger partial charge in [-0.15, -0.1) is 0 Å². The number of nitrogens with zero attached hydrogens (tertiary/aromatic N) is 1. The summed E-state index contributed by atoms with van der Waals surface area (Å²) >= 11 is 0. The minimum Gasteiger partial charge on any atom is -0.548 e. The van der Waals surface area contributed by atoms with Crippen LogP contribution in [-0.4, -0.2) is 47.4 Å². The quantitative estimate of drug-likeness (QED) is 0.285. The Bertz CT molecular complexity index is 835. The third-order valence-corrected chi connectivity index (χ3v) is 4.44. The monoisotopic (exact) mass is 404 g/mol. The Balaban J connectivity index is 0.00000300. The average Bonchev–Trinajstić information content (AvgIpc) is 3.50. The van der Waals surface area contributed by atoms with E-state index < -0.39 is 30.0 Å². The molecule has 1 aliphatic heterocycles. The van der Waals surface area contributed by atoms with Crippen molar-refractivity contribution in [3.8, 4) is 0 Å². The molecule has 29 heavy (non-hydrogen) atoms. The summed E-state index contributed by atoms with van der Waals surface area (Å²) in [4.78, 5) is 39.9. The van der Waals surface area contributed by atoms with Crippen molar-refractivity contribution in [1.82, 2.24) is 20.9 Å². The van der Waals surface area contributed by atoms with Crippen LogP contribution in [0, 0.1) is 0 Å². The number of aromatic nitrogens is 1. The molecule has 0 bridgehead atoms. The Morgan fingerprint density at radius 2 is 1.79 bits per heavy atom. The topological polar surface area (TPSA) is 133 Å². The van der Waals surface area contributed by atoms with E-state index >= 15 is 0 Å².